The predicted octanol–water partition coefficient (Wildman–Crippen LogP) is 1.53. The van der Waals surface area contributed by atoms with E-state index in [1.54, 1.807) is 6.92 Å². The van der Waals surface area contributed by atoms with Gasteiger partial charge in [0.25, 0.3) is 0 Å². The van der Waals surface area contributed by atoms with E-state index in [1.165, 1.54) is 0 Å². The molecule has 7 nitrogen and oxygen atoms in total. The summed E-state index contributed by atoms with van der Waals surface area (Å²) in [5.74, 6) is -1.17. The molecule has 0 bridgehead atoms. The van der Waals surface area contributed by atoms with Crippen LogP contribution >= 0.6 is 0 Å². The number of rotatable bonds is 3. The molecule has 21 heavy (non-hydrogen) atoms. The van der Waals surface area contributed by atoms with Crippen LogP contribution in [0.25, 0.3) is 0 Å². The van der Waals surface area contributed by atoms with Crippen LogP contribution in [0.5, 0.6) is 0 Å². The summed E-state index contributed by atoms with van der Waals surface area (Å²) in [6, 6.07) is 3.06. The van der Waals surface area contributed by atoms with E-state index in [-0.39, 0.29) is 19.2 Å². The lowest BCUT2D eigenvalue weighted by Gasteiger charge is -2.21. The first-order valence-electron chi connectivity index (χ1n) is 6.38. The van der Waals surface area contributed by atoms with Crippen LogP contribution in [-0.2, 0) is 14.8 Å². The van der Waals surface area contributed by atoms with Crippen LogP contribution in [0.3, 0.4) is 0 Å². The van der Waals surface area contributed by atoms with Crippen molar-refractivity contribution in [1.82, 2.24) is 4.31 Å². The highest BCUT2D eigenvalue weighted by Gasteiger charge is 2.35. The number of halogens is 1. The lowest BCUT2D eigenvalue weighted by atomic mass is 10.3. The number of nitro benzene ring substituents is 1. The molecule has 0 radical (unpaired) electrons. The second-order valence-corrected chi connectivity index (χ2v) is 6.65. The fourth-order valence-electron chi connectivity index (χ4n) is 2.19. The molecule has 0 saturated carbocycles. The van der Waals surface area contributed by atoms with Gasteiger partial charge in [0.15, 0.2) is 4.90 Å². The second-order valence-electron chi connectivity index (χ2n) is 4.74. The summed E-state index contributed by atoms with van der Waals surface area (Å²) < 4.78 is 45.2. The Morgan fingerprint density at radius 3 is 2.86 bits per heavy atom. The van der Waals surface area contributed by atoms with Crippen LogP contribution in [0, 0.1) is 15.9 Å². The van der Waals surface area contributed by atoms with Gasteiger partial charge in [-0.2, -0.15) is 8.70 Å². The zero-order valence-corrected chi connectivity index (χ0v) is 12.2. The fraction of sp³-hybridized carbons (Fsp3) is 0.500. The summed E-state index contributed by atoms with van der Waals surface area (Å²) in [6.07, 6.45) is 0.155. The van der Waals surface area contributed by atoms with Crippen molar-refractivity contribution in [2.45, 2.75) is 24.3 Å². The van der Waals surface area contributed by atoms with E-state index in [4.69, 9.17) is 4.74 Å². The number of sulfonamides is 1. The van der Waals surface area contributed by atoms with E-state index >= 15 is 0 Å². The molecule has 1 saturated heterocycles. The average molecular weight is 318 g/mol. The van der Waals surface area contributed by atoms with Crippen molar-refractivity contribution < 1.29 is 22.5 Å². The zero-order valence-electron chi connectivity index (χ0n) is 11.4. The van der Waals surface area contributed by atoms with Crippen LogP contribution in [0.4, 0.5) is 10.1 Å². The zero-order chi connectivity index (χ0) is 15.6. The van der Waals surface area contributed by atoms with Gasteiger partial charge in [0.2, 0.25) is 15.8 Å². The monoisotopic (exact) mass is 318 g/mol. The summed E-state index contributed by atoms with van der Waals surface area (Å²) in [6.45, 7) is 2.39. The molecule has 1 unspecified atom stereocenters. The summed E-state index contributed by atoms with van der Waals surface area (Å²) in [4.78, 5) is 9.32. The normalized spacial score (nSPS) is 21.0. The number of nitrogens with zero attached hydrogens (tertiary/aromatic N) is 2. The predicted molar refractivity (Wildman–Crippen MR) is 71.8 cm³/mol. The molecule has 0 N–H and O–H groups in total. The fourth-order valence-corrected chi connectivity index (χ4v) is 3.92. The van der Waals surface area contributed by atoms with Gasteiger partial charge in [0.05, 0.1) is 11.0 Å². The quantitative estimate of drug-likeness (QED) is 0.623. The minimum atomic E-state index is -4.14. The highest BCUT2D eigenvalue weighted by atomic mass is 32.2. The van der Waals surface area contributed by atoms with Crippen molar-refractivity contribution >= 4 is 15.7 Å². The Balaban J connectivity index is 2.49. The van der Waals surface area contributed by atoms with Gasteiger partial charge in [0.1, 0.15) is 0 Å². The van der Waals surface area contributed by atoms with Gasteiger partial charge in [-0.3, -0.25) is 10.1 Å². The first-order chi connectivity index (χ1) is 9.84. The maximum atomic E-state index is 13.6. The van der Waals surface area contributed by atoms with E-state index < -0.39 is 31.3 Å². The Bertz CT molecular complexity index is 649. The first kappa shape index (κ1) is 15.8. The van der Waals surface area contributed by atoms with E-state index in [0.717, 1.165) is 22.5 Å². The maximum absolute atomic E-state index is 13.6. The third-order valence-electron chi connectivity index (χ3n) is 3.17. The number of hydrogen-bond donors (Lipinski definition) is 0. The van der Waals surface area contributed by atoms with Crippen molar-refractivity contribution in [1.29, 1.82) is 0 Å². The molecule has 0 amide bonds. The van der Waals surface area contributed by atoms with Gasteiger partial charge in [-0.25, -0.2) is 8.42 Å². The lowest BCUT2D eigenvalue weighted by Crippen LogP contribution is -2.36. The molecule has 1 aromatic carbocycles. The topological polar surface area (TPSA) is 89.8 Å². The van der Waals surface area contributed by atoms with Gasteiger partial charge in [-0.05, 0) is 25.5 Å². The van der Waals surface area contributed by atoms with Crippen molar-refractivity contribution in [2.75, 3.05) is 19.7 Å². The molecule has 116 valence electrons. The SMILES string of the molecule is CC1CN(S(=O)(=O)c2cccc(F)c2[N+](=O)[O-])CCCO1. The van der Waals surface area contributed by atoms with E-state index in [2.05, 4.69) is 0 Å². The molecule has 9 heteroatoms. The maximum Gasteiger partial charge on any atom is 0.324 e. The molecular formula is C12H15FN2O5S. The Kier molecular flexibility index (Phi) is 4.55. The molecule has 1 aliphatic heterocycles. The van der Waals surface area contributed by atoms with Crippen molar-refractivity contribution in [3.05, 3.63) is 34.1 Å². The molecule has 0 aromatic heterocycles. The van der Waals surface area contributed by atoms with E-state index in [1.807, 2.05) is 0 Å². The molecule has 2 rings (SSSR count). The molecule has 1 aliphatic rings. The lowest BCUT2D eigenvalue weighted by molar-refractivity contribution is -0.390. The smallest absolute Gasteiger partial charge is 0.324 e. The molecule has 1 aromatic rings. The molecule has 0 spiro atoms. The first-order valence-corrected chi connectivity index (χ1v) is 7.82. The highest BCUT2D eigenvalue weighted by Crippen LogP contribution is 2.29. The highest BCUT2D eigenvalue weighted by molar-refractivity contribution is 7.89. The number of ether oxygens (including phenoxy) is 1. The average Bonchev–Trinajstić information content (AvgIpc) is 2.63. The third-order valence-corrected chi connectivity index (χ3v) is 5.06. The number of benzene rings is 1. The van der Waals surface area contributed by atoms with Crippen molar-refractivity contribution in [3.8, 4) is 0 Å². The molecular weight excluding hydrogens is 303 g/mol. The molecule has 1 heterocycles. The minimum absolute atomic E-state index is 0.0794. The molecule has 1 atom stereocenters. The van der Waals surface area contributed by atoms with Gasteiger partial charge >= 0.3 is 5.69 Å². The Labute approximate surface area is 121 Å². The summed E-state index contributed by atoms with van der Waals surface area (Å²) in [5, 5.41) is 11.0. The van der Waals surface area contributed by atoms with E-state index in [9.17, 15) is 22.9 Å². The number of para-hydroxylation sites is 1. The van der Waals surface area contributed by atoms with Gasteiger partial charge < -0.3 is 4.74 Å². The standard InChI is InChI=1S/C12H15FN2O5S/c1-9-8-14(6-3-7-20-9)21(18,19)11-5-2-4-10(13)12(11)15(16)17/h2,4-5,9H,3,6-8H2,1H3. The number of nitro groups is 1. The van der Waals surface area contributed by atoms with Crippen molar-refractivity contribution in [2.24, 2.45) is 0 Å². The largest absolute Gasteiger partial charge is 0.377 e. The number of hydrogen-bond acceptors (Lipinski definition) is 5. The summed E-state index contributed by atoms with van der Waals surface area (Å²) in [7, 11) is -4.14. The molecule has 1 fully saturated rings. The third kappa shape index (κ3) is 3.20. The van der Waals surface area contributed by atoms with Gasteiger partial charge in [-0.1, -0.05) is 6.07 Å². The van der Waals surface area contributed by atoms with Crippen LogP contribution in [0.15, 0.2) is 23.1 Å². The van der Waals surface area contributed by atoms with Crippen LogP contribution in [0.1, 0.15) is 13.3 Å². The van der Waals surface area contributed by atoms with Crippen LogP contribution in [0.2, 0.25) is 0 Å². The second kappa shape index (κ2) is 6.04. The van der Waals surface area contributed by atoms with Crippen LogP contribution in [-0.4, -0.2) is 43.4 Å². The van der Waals surface area contributed by atoms with E-state index in [0.29, 0.717) is 13.0 Å². The Morgan fingerprint density at radius 2 is 2.19 bits per heavy atom. The Morgan fingerprint density at radius 1 is 1.48 bits per heavy atom. The summed E-state index contributed by atoms with van der Waals surface area (Å²) in [5.41, 5.74) is -1.02. The summed E-state index contributed by atoms with van der Waals surface area (Å²) >= 11 is 0. The minimum Gasteiger partial charge on any atom is -0.377 e. The Hall–Kier alpha value is -1.58. The van der Waals surface area contributed by atoms with Gasteiger partial charge in [-0.15, -0.1) is 0 Å². The molecule has 0 aliphatic carbocycles. The van der Waals surface area contributed by atoms with Crippen LogP contribution < -0.4 is 0 Å². The van der Waals surface area contributed by atoms with Gasteiger partial charge in [0, 0.05) is 19.7 Å². The van der Waals surface area contributed by atoms with Crippen molar-refractivity contribution in [3.63, 3.8) is 0 Å².